The first kappa shape index (κ1) is 16.8. The molecule has 104 valence electrons. The van der Waals surface area contributed by atoms with Crippen molar-refractivity contribution in [3.8, 4) is 0 Å². The molecule has 0 bridgehead atoms. The summed E-state index contributed by atoms with van der Waals surface area (Å²) in [6.07, 6.45) is 2.26. The summed E-state index contributed by atoms with van der Waals surface area (Å²) in [7, 11) is 1.76. The molecule has 1 N–H and O–H groups in total. The van der Waals surface area contributed by atoms with Gasteiger partial charge in [0.25, 0.3) is 6.43 Å². The number of unbranched alkanes of at least 4 members (excludes halogenated alkanes) is 3. The Balaban J connectivity index is 3.24. The van der Waals surface area contributed by atoms with Gasteiger partial charge in [-0.25, -0.2) is 8.78 Å². The number of nitrogens with zero attached hydrogens (tertiary/aromatic N) is 1. The highest BCUT2D eigenvalue weighted by Crippen LogP contribution is 2.04. The summed E-state index contributed by atoms with van der Waals surface area (Å²) in [6.45, 7) is 8.18. The van der Waals surface area contributed by atoms with E-state index < -0.39 is 6.43 Å². The predicted molar refractivity (Wildman–Crippen MR) is 69.7 cm³/mol. The number of alkyl halides is 2. The lowest BCUT2D eigenvalue weighted by molar-refractivity contribution is 0.0995. The van der Waals surface area contributed by atoms with E-state index in [1.807, 2.05) is 0 Å². The molecule has 17 heavy (non-hydrogen) atoms. The van der Waals surface area contributed by atoms with Gasteiger partial charge in [0, 0.05) is 5.54 Å². The molecule has 0 spiro atoms. The maximum absolute atomic E-state index is 12.0. The first-order valence-electron chi connectivity index (χ1n) is 6.53. The van der Waals surface area contributed by atoms with Crippen LogP contribution in [-0.4, -0.2) is 43.5 Å². The number of hydrogen-bond acceptors (Lipinski definition) is 2. The minimum Gasteiger partial charge on any atom is -0.312 e. The Morgan fingerprint density at radius 3 is 2.18 bits per heavy atom. The van der Waals surface area contributed by atoms with Crippen LogP contribution in [0.1, 0.15) is 46.5 Å². The van der Waals surface area contributed by atoms with E-state index in [-0.39, 0.29) is 12.1 Å². The van der Waals surface area contributed by atoms with E-state index in [4.69, 9.17) is 0 Å². The van der Waals surface area contributed by atoms with Crippen LogP contribution in [0, 0.1) is 0 Å². The van der Waals surface area contributed by atoms with Gasteiger partial charge < -0.3 is 10.2 Å². The molecule has 0 saturated carbocycles. The molecule has 0 aromatic heterocycles. The largest absolute Gasteiger partial charge is 0.312 e. The Morgan fingerprint density at radius 2 is 1.65 bits per heavy atom. The molecule has 0 heterocycles. The average molecular weight is 250 g/mol. The third-order valence-electron chi connectivity index (χ3n) is 2.57. The van der Waals surface area contributed by atoms with E-state index in [1.165, 1.54) is 6.42 Å². The molecular weight excluding hydrogens is 222 g/mol. The molecule has 2 nitrogen and oxygen atoms in total. The molecule has 0 aliphatic carbocycles. The molecule has 0 aromatic rings. The van der Waals surface area contributed by atoms with Crippen molar-refractivity contribution >= 4 is 0 Å². The molecule has 4 heteroatoms. The van der Waals surface area contributed by atoms with Gasteiger partial charge in [-0.3, -0.25) is 0 Å². The van der Waals surface area contributed by atoms with Gasteiger partial charge >= 0.3 is 0 Å². The summed E-state index contributed by atoms with van der Waals surface area (Å²) in [5.41, 5.74) is 0.192. The van der Waals surface area contributed by atoms with E-state index >= 15 is 0 Å². The molecule has 0 aliphatic heterocycles. The number of rotatable bonds is 9. The summed E-state index contributed by atoms with van der Waals surface area (Å²) in [4.78, 5) is 1.71. The Bertz CT molecular complexity index is 179. The van der Waals surface area contributed by atoms with E-state index in [9.17, 15) is 8.78 Å². The molecule has 0 amide bonds. The lowest BCUT2D eigenvalue weighted by Crippen LogP contribution is -2.36. The Kier molecular flexibility index (Phi) is 8.70. The van der Waals surface area contributed by atoms with Crippen molar-refractivity contribution in [2.24, 2.45) is 0 Å². The smallest absolute Gasteiger partial charge is 0.251 e. The van der Waals surface area contributed by atoms with Crippen molar-refractivity contribution in [2.45, 2.75) is 58.4 Å². The Morgan fingerprint density at radius 1 is 1.06 bits per heavy atom. The normalized spacial score (nSPS) is 12.7. The van der Waals surface area contributed by atoms with Gasteiger partial charge in [-0.2, -0.15) is 0 Å². The molecule has 0 fully saturated rings. The topological polar surface area (TPSA) is 15.3 Å². The van der Waals surface area contributed by atoms with E-state index in [0.29, 0.717) is 0 Å². The molecular formula is C13H28F2N2. The fourth-order valence-corrected chi connectivity index (χ4v) is 1.65. The summed E-state index contributed by atoms with van der Waals surface area (Å²) < 4.78 is 24.0. The van der Waals surface area contributed by atoms with E-state index in [0.717, 1.165) is 32.4 Å². The van der Waals surface area contributed by atoms with E-state index in [1.54, 1.807) is 11.9 Å². The zero-order valence-corrected chi connectivity index (χ0v) is 11.7. The van der Waals surface area contributed by atoms with Crippen molar-refractivity contribution in [2.75, 3.05) is 26.7 Å². The van der Waals surface area contributed by atoms with Crippen LogP contribution < -0.4 is 5.32 Å². The first-order valence-corrected chi connectivity index (χ1v) is 6.53. The molecule has 0 saturated heterocycles. The molecule has 0 radical (unpaired) electrons. The molecule has 0 rings (SSSR count). The Hall–Kier alpha value is -0.220. The molecule has 0 aliphatic rings. The van der Waals surface area contributed by atoms with Gasteiger partial charge in [-0.1, -0.05) is 12.8 Å². The summed E-state index contributed by atoms with van der Waals surface area (Å²) in [5.74, 6) is 0. The quantitative estimate of drug-likeness (QED) is 0.632. The van der Waals surface area contributed by atoms with Crippen molar-refractivity contribution in [3.63, 3.8) is 0 Å². The van der Waals surface area contributed by atoms with Crippen molar-refractivity contribution in [3.05, 3.63) is 0 Å². The van der Waals surface area contributed by atoms with Crippen LogP contribution in [0.4, 0.5) is 8.78 Å². The third kappa shape index (κ3) is 13.7. The third-order valence-corrected chi connectivity index (χ3v) is 2.57. The molecule has 0 aromatic carbocycles. The zero-order chi connectivity index (χ0) is 13.3. The highest BCUT2D eigenvalue weighted by atomic mass is 19.3. The average Bonchev–Trinajstić information content (AvgIpc) is 2.13. The summed E-state index contributed by atoms with van der Waals surface area (Å²) >= 11 is 0. The summed E-state index contributed by atoms with van der Waals surface area (Å²) in [5, 5.41) is 3.44. The molecule has 0 atom stereocenters. The van der Waals surface area contributed by atoms with Crippen LogP contribution in [0.5, 0.6) is 0 Å². The highest BCUT2D eigenvalue weighted by molar-refractivity contribution is 4.69. The SMILES string of the molecule is CN(CCCCCCNC(C)(C)C)CC(F)F. The van der Waals surface area contributed by atoms with Crippen LogP contribution >= 0.6 is 0 Å². The van der Waals surface area contributed by atoms with Crippen molar-refractivity contribution in [1.29, 1.82) is 0 Å². The minimum atomic E-state index is -2.21. The van der Waals surface area contributed by atoms with Crippen LogP contribution in [0.25, 0.3) is 0 Å². The van der Waals surface area contributed by atoms with Crippen LogP contribution in [-0.2, 0) is 0 Å². The standard InChI is InChI=1S/C13H28F2N2/c1-13(2,3)16-9-7-5-6-8-10-17(4)11-12(14)15/h12,16H,5-11H2,1-4H3. The number of nitrogens with one attached hydrogen (secondary N) is 1. The summed E-state index contributed by atoms with van der Waals surface area (Å²) in [6, 6.07) is 0. The first-order chi connectivity index (χ1) is 7.81. The van der Waals surface area contributed by atoms with Gasteiger partial charge in [0.15, 0.2) is 0 Å². The fraction of sp³-hybridized carbons (Fsp3) is 1.00. The second kappa shape index (κ2) is 8.81. The lowest BCUT2D eigenvalue weighted by atomic mass is 10.1. The van der Waals surface area contributed by atoms with Gasteiger partial charge in [-0.05, 0) is 53.8 Å². The van der Waals surface area contributed by atoms with Crippen LogP contribution in [0.3, 0.4) is 0 Å². The lowest BCUT2D eigenvalue weighted by Gasteiger charge is -2.20. The maximum atomic E-state index is 12.0. The van der Waals surface area contributed by atoms with Crippen LogP contribution in [0.15, 0.2) is 0 Å². The van der Waals surface area contributed by atoms with Crippen molar-refractivity contribution in [1.82, 2.24) is 10.2 Å². The highest BCUT2D eigenvalue weighted by Gasteiger charge is 2.08. The maximum Gasteiger partial charge on any atom is 0.251 e. The molecule has 0 unspecified atom stereocenters. The van der Waals surface area contributed by atoms with Gasteiger partial charge in [-0.15, -0.1) is 0 Å². The second-order valence-electron chi connectivity index (χ2n) is 5.74. The minimum absolute atomic E-state index is 0.106. The van der Waals surface area contributed by atoms with Crippen LogP contribution in [0.2, 0.25) is 0 Å². The van der Waals surface area contributed by atoms with Gasteiger partial charge in [0.1, 0.15) is 0 Å². The fourth-order valence-electron chi connectivity index (χ4n) is 1.65. The zero-order valence-electron chi connectivity index (χ0n) is 11.7. The monoisotopic (exact) mass is 250 g/mol. The van der Waals surface area contributed by atoms with Gasteiger partial charge in [0.05, 0.1) is 6.54 Å². The van der Waals surface area contributed by atoms with Crippen molar-refractivity contribution < 1.29 is 8.78 Å². The predicted octanol–water partition coefficient (Wildman–Crippen LogP) is 3.13. The number of hydrogen-bond donors (Lipinski definition) is 1. The second-order valence-corrected chi connectivity index (χ2v) is 5.74. The Labute approximate surface area is 105 Å². The van der Waals surface area contributed by atoms with E-state index in [2.05, 4.69) is 26.1 Å². The number of halogens is 2. The van der Waals surface area contributed by atoms with Gasteiger partial charge in [0.2, 0.25) is 0 Å².